The summed E-state index contributed by atoms with van der Waals surface area (Å²) in [5.74, 6) is 0.704. The van der Waals surface area contributed by atoms with Crippen LogP contribution in [0.3, 0.4) is 0 Å². The fraction of sp³-hybridized carbons (Fsp3) is 1.00. The van der Waals surface area contributed by atoms with Gasteiger partial charge in [0.25, 0.3) is 0 Å². The van der Waals surface area contributed by atoms with E-state index in [2.05, 4.69) is 20.8 Å². The van der Waals surface area contributed by atoms with Crippen molar-refractivity contribution >= 4 is 0 Å². The molecule has 20 heavy (non-hydrogen) atoms. The van der Waals surface area contributed by atoms with Gasteiger partial charge >= 0.3 is 0 Å². The van der Waals surface area contributed by atoms with E-state index in [1.165, 1.54) is 64.2 Å². The zero-order valence-corrected chi connectivity index (χ0v) is 14.9. The van der Waals surface area contributed by atoms with Crippen molar-refractivity contribution in [3.63, 3.8) is 0 Å². The van der Waals surface area contributed by atoms with E-state index < -0.39 is 0 Å². The molecule has 0 aliphatic carbocycles. The van der Waals surface area contributed by atoms with Gasteiger partial charge in [0.05, 0.1) is 0 Å². The summed E-state index contributed by atoms with van der Waals surface area (Å²) in [7, 11) is 0. The van der Waals surface area contributed by atoms with Crippen molar-refractivity contribution in [2.45, 2.75) is 91.4 Å². The Hall–Kier alpha value is 0.210. The number of unbranched alkanes of at least 4 members (excludes halogenated alkanes) is 9. The lowest BCUT2D eigenvalue weighted by atomic mass is 10.1. The van der Waals surface area contributed by atoms with E-state index in [9.17, 15) is 5.21 Å². The standard InChI is InChI=1S/C17H37NO.ClH/c1-4-5-6-7-8-9-10-11-12-13-15-18(19)16-14-17(2)3;/h17,19H,4-16H2,1-3H3;1H. The van der Waals surface area contributed by atoms with E-state index in [-0.39, 0.29) is 12.4 Å². The highest BCUT2D eigenvalue weighted by atomic mass is 35.5. The van der Waals surface area contributed by atoms with E-state index in [1.54, 1.807) is 0 Å². The van der Waals surface area contributed by atoms with Crippen LogP contribution in [0, 0.1) is 5.92 Å². The van der Waals surface area contributed by atoms with Gasteiger partial charge in [0.2, 0.25) is 0 Å². The third kappa shape index (κ3) is 18.2. The molecule has 0 spiro atoms. The zero-order valence-electron chi connectivity index (χ0n) is 14.1. The fourth-order valence-electron chi connectivity index (χ4n) is 2.40. The molecule has 0 aromatic rings. The van der Waals surface area contributed by atoms with E-state index >= 15 is 0 Å². The Morgan fingerprint density at radius 3 is 1.65 bits per heavy atom. The molecule has 0 saturated heterocycles. The van der Waals surface area contributed by atoms with Crippen LogP contribution < -0.4 is 17.5 Å². The number of quaternary nitrogens is 1. The van der Waals surface area contributed by atoms with E-state index in [1.807, 2.05) is 0 Å². The van der Waals surface area contributed by atoms with Crippen molar-refractivity contribution in [1.29, 1.82) is 0 Å². The molecule has 2 nitrogen and oxygen atoms in total. The minimum atomic E-state index is 0. The number of hydrogen-bond acceptors (Lipinski definition) is 1. The van der Waals surface area contributed by atoms with Gasteiger partial charge in [-0.05, 0) is 18.8 Å². The molecule has 0 aromatic heterocycles. The lowest BCUT2D eigenvalue weighted by molar-refractivity contribution is -1.09. The molecule has 0 fully saturated rings. The van der Waals surface area contributed by atoms with Crippen molar-refractivity contribution in [3.05, 3.63) is 0 Å². The number of nitrogens with one attached hydrogen (secondary N) is 1. The molecular weight excluding hydrogens is 270 g/mol. The van der Waals surface area contributed by atoms with Gasteiger partial charge in [-0.2, -0.15) is 5.06 Å². The zero-order chi connectivity index (χ0) is 14.3. The van der Waals surface area contributed by atoms with Crippen LogP contribution in [0.2, 0.25) is 0 Å². The van der Waals surface area contributed by atoms with E-state index in [0.717, 1.165) is 24.6 Å². The molecule has 1 atom stereocenters. The SMILES string of the molecule is CCCCCCCCCCCC[NH+](O)CCC(C)C.[Cl-]. The molecule has 0 bridgehead atoms. The first-order valence-electron chi connectivity index (χ1n) is 8.70. The number of hydroxylamine groups is 2. The summed E-state index contributed by atoms with van der Waals surface area (Å²) in [5, 5.41) is 10.5. The van der Waals surface area contributed by atoms with Crippen molar-refractivity contribution in [1.82, 2.24) is 0 Å². The Labute approximate surface area is 133 Å². The summed E-state index contributed by atoms with van der Waals surface area (Å²) < 4.78 is 0. The molecular formula is C17H38ClNO. The first kappa shape index (κ1) is 22.5. The van der Waals surface area contributed by atoms with Crippen molar-refractivity contribution < 1.29 is 22.7 Å². The molecule has 0 heterocycles. The third-order valence-corrected chi connectivity index (χ3v) is 3.83. The summed E-state index contributed by atoms with van der Waals surface area (Å²) in [6.07, 6.45) is 14.8. The average molecular weight is 308 g/mol. The Morgan fingerprint density at radius 2 is 1.20 bits per heavy atom. The second kappa shape index (κ2) is 17.3. The second-order valence-corrected chi connectivity index (χ2v) is 6.43. The molecule has 0 aliphatic rings. The van der Waals surface area contributed by atoms with Crippen LogP contribution in [0.25, 0.3) is 0 Å². The van der Waals surface area contributed by atoms with E-state index in [0.29, 0.717) is 5.92 Å². The van der Waals surface area contributed by atoms with Gasteiger partial charge in [0, 0.05) is 6.42 Å². The third-order valence-electron chi connectivity index (χ3n) is 3.83. The summed E-state index contributed by atoms with van der Waals surface area (Å²) >= 11 is 0. The summed E-state index contributed by atoms with van der Waals surface area (Å²) in [5.41, 5.74) is 0. The Morgan fingerprint density at radius 1 is 0.750 bits per heavy atom. The van der Waals surface area contributed by atoms with Crippen LogP contribution in [-0.4, -0.2) is 18.3 Å². The normalized spacial score (nSPS) is 12.4. The number of halogens is 1. The Kier molecular flexibility index (Phi) is 19.4. The molecule has 2 N–H and O–H groups in total. The first-order chi connectivity index (χ1) is 9.16. The predicted octanol–water partition coefficient (Wildman–Crippen LogP) is 1.23. The highest BCUT2D eigenvalue weighted by molar-refractivity contribution is 4.47. The second-order valence-electron chi connectivity index (χ2n) is 6.43. The van der Waals surface area contributed by atoms with Gasteiger partial charge in [-0.15, -0.1) is 0 Å². The van der Waals surface area contributed by atoms with Gasteiger partial charge in [0.1, 0.15) is 13.1 Å². The van der Waals surface area contributed by atoms with Gasteiger partial charge in [-0.3, -0.25) is 0 Å². The van der Waals surface area contributed by atoms with Gasteiger partial charge < -0.3 is 12.4 Å². The van der Waals surface area contributed by atoms with Crippen LogP contribution in [-0.2, 0) is 0 Å². The average Bonchev–Trinajstić information content (AvgIpc) is 2.38. The van der Waals surface area contributed by atoms with Crippen molar-refractivity contribution in [3.8, 4) is 0 Å². The van der Waals surface area contributed by atoms with Crippen LogP contribution in [0.1, 0.15) is 91.4 Å². The maximum Gasteiger partial charge on any atom is 0.107 e. The predicted molar refractivity (Wildman–Crippen MR) is 83.8 cm³/mol. The van der Waals surface area contributed by atoms with Gasteiger partial charge in [-0.1, -0.05) is 72.1 Å². The van der Waals surface area contributed by atoms with Crippen molar-refractivity contribution in [2.75, 3.05) is 13.1 Å². The summed E-state index contributed by atoms with van der Waals surface area (Å²) in [4.78, 5) is 0. The number of rotatable bonds is 14. The Bertz CT molecular complexity index is 176. The molecule has 0 aromatic carbocycles. The highest BCUT2D eigenvalue weighted by Gasteiger charge is 2.05. The lowest BCUT2D eigenvalue weighted by Gasteiger charge is -2.11. The first-order valence-corrected chi connectivity index (χ1v) is 8.70. The van der Waals surface area contributed by atoms with Gasteiger partial charge in [-0.25, -0.2) is 5.21 Å². The van der Waals surface area contributed by atoms with E-state index in [4.69, 9.17) is 0 Å². The maximum absolute atomic E-state index is 9.74. The fourth-order valence-corrected chi connectivity index (χ4v) is 2.40. The molecule has 0 rings (SSSR count). The minimum absolute atomic E-state index is 0. The quantitative estimate of drug-likeness (QED) is 0.366. The lowest BCUT2D eigenvalue weighted by Crippen LogP contribution is -3.09. The molecule has 3 heteroatoms. The van der Waals surface area contributed by atoms with Crippen LogP contribution in [0.4, 0.5) is 0 Å². The maximum atomic E-state index is 9.74. The molecule has 0 saturated carbocycles. The molecule has 124 valence electrons. The van der Waals surface area contributed by atoms with Crippen LogP contribution in [0.15, 0.2) is 0 Å². The monoisotopic (exact) mass is 307 g/mol. The molecule has 0 radical (unpaired) electrons. The highest BCUT2D eigenvalue weighted by Crippen LogP contribution is 2.09. The minimum Gasteiger partial charge on any atom is -1.00 e. The van der Waals surface area contributed by atoms with Crippen LogP contribution >= 0.6 is 0 Å². The Balaban J connectivity index is 0. The summed E-state index contributed by atoms with van der Waals surface area (Å²) in [6, 6.07) is 0. The number of hydrogen-bond donors (Lipinski definition) is 2. The smallest absolute Gasteiger partial charge is 0.107 e. The topological polar surface area (TPSA) is 24.7 Å². The molecule has 1 unspecified atom stereocenters. The summed E-state index contributed by atoms with van der Waals surface area (Å²) in [6.45, 7) is 8.55. The van der Waals surface area contributed by atoms with Crippen LogP contribution in [0.5, 0.6) is 0 Å². The van der Waals surface area contributed by atoms with Crippen molar-refractivity contribution in [2.24, 2.45) is 5.92 Å². The largest absolute Gasteiger partial charge is 1.00 e. The molecule has 0 aliphatic heterocycles. The van der Waals surface area contributed by atoms with Gasteiger partial charge in [0.15, 0.2) is 0 Å². The molecule has 0 amide bonds.